The van der Waals surface area contributed by atoms with Crippen LogP contribution in [0.1, 0.15) is 79.6 Å². The Labute approximate surface area is 336 Å². The molecule has 4 aliphatic rings. The maximum Gasteiger partial charge on any atom is 0.427 e. The van der Waals surface area contributed by atoms with Crippen LogP contribution in [0.15, 0.2) is 36.5 Å². The molecule has 0 spiro atoms. The van der Waals surface area contributed by atoms with Gasteiger partial charge in [-0.2, -0.15) is 17.9 Å². The summed E-state index contributed by atoms with van der Waals surface area (Å²) in [6, 6.07) is 2.65. The highest BCUT2D eigenvalue weighted by molar-refractivity contribution is 7.91. The van der Waals surface area contributed by atoms with Crippen LogP contribution in [0.3, 0.4) is 0 Å². The zero-order valence-corrected chi connectivity index (χ0v) is 34.4. The van der Waals surface area contributed by atoms with Crippen molar-refractivity contribution in [1.82, 2.24) is 30.2 Å². The van der Waals surface area contributed by atoms with Crippen molar-refractivity contribution in [3.63, 3.8) is 0 Å². The predicted molar refractivity (Wildman–Crippen MR) is 205 cm³/mol. The molecule has 1 saturated heterocycles. The molecule has 58 heavy (non-hydrogen) atoms. The van der Waals surface area contributed by atoms with Crippen LogP contribution in [0, 0.1) is 17.8 Å². The van der Waals surface area contributed by atoms with Crippen LogP contribution in [0.4, 0.5) is 18.0 Å². The number of carbonyl (C=O) groups excluding carboxylic acids is 3. The normalized spacial score (nSPS) is 29.0. The topological polar surface area (TPSA) is 187 Å². The molecule has 1 aromatic heterocycles. The van der Waals surface area contributed by atoms with Gasteiger partial charge in [0.15, 0.2) is 0 Å². The van der Waals surface area contributed by atoms with Crippen molar-refractivity contribution in [3.05, 3.63) is 36.5 Å². The molecule has 0 bridgehead atoms. The maximum absolute atomic E-state index is 14.6. The smallest absolute Gasteiger partial charge is 0.427 e. The molecule has 3 amide bonds. The van der Waals surface area contributed by atoms with Crippen molar-refractivity contribution in [1.29, 1.82) is 0 Å². The van der Waals surface area contributed by atoms with E-state index in [0.717, 1.165) is 0 Å². The number of aromatic nitrogens is 2. The first-order chi connectivity index (χ1) is 27.2. The summed E-state index contributed by atoms with van der Waals surface area (Å²) in [6.07, 6.45) is 1.73. The number of alkyl carbamates (subject to hydrolysis) is 1. The molecule has 3 heterocycles. The van der Waals surface area contributed by atoms with Gasteiger partial charge in [-0.05, 0) is 76.8 Å². The van der Waals surface area contributed by atoms with Crippen LogP contribution in [-0.4, -0.2) is 108 Å². The molecule has 19 heteroatoms. The van der Waals surface area contributed by atoms with Crippen LogP contribution < -0.4 is 24.8 Å². The molecule has 3 fully saturated rings. The van der Waals surface area contributed by atoms with Crippen molar-refractivity contribution in [2.24, 2.45) is 17.8 Å². The second-order valence-corrected chi connectivity index (χ2v) is 19.2. The van der Waals surface area contributed by atoms with Gasteiger partial charge < -0.3 is 34.5 Å². The van der Waals surface area contributed by atoms with E-state index in [2.05, 4.69) is 25.3 Å². The fourth-order valence-corrected chi connectivity index (χ4v) is 8.58. The average molecular weight is 839 g/mol. The molecule has 0 radical (unpaired) electrons. The number of carbonyl (C=O) groups is 3. The predicted octanol–water partition coefficient (Wildman–Crippen LogP) is 4.76. The highest BCUT2D eigenvalue weighted by atomic mass is 32.2. The molecule has 1 aromatic carbocycles. The first-order valence-corrected chi connectivity index (χ1v) is 21.1. The van der Waals surface area contributed by atoms with Crippen molar-refractivity contribution in [2.75, 3.05) is 27.0 Å². The average Bonchev–Trinajstić information content (AvgIpc) is 4.03. The van der Waals surface area contributed by atoms with E-state index in [-0.39, 0.29) is 44.0 Å². The Morgan fingerprint density at radius 2 is 1.84 bits per heavy atom. The van der Waals surface area contributed by atoms with Crippen molar-refractivity contribution >= 4 is 39.0 Å². The number of nitrogens with zero attached hydrogens (tertiary/aromatic N) is 3. The molecule has 2 aliphatic heterocycles. The number of allylic oxidation sites excluding steroid dienone is 1. The number of hydrogen-bond donors (Lipinski definition) is 3. The van der Waals surface area contributed by atoms with Crippen LogP contribution in [0.2, 0.25) is 0 Å². The van der Waals surface area contributed by atoms with Gasteiger partial charge in [-0.15, -0.1) is 0 Å². The first kappa shape index (κ1) is 43.4. The van der Waals surface area contributed by atoms with Crippen LogP contribution in [0.25, 0.3) is 11.0 Å². The van der Waals surface area contributed by atoms with E-state index in [1.165, 1.54) is 18.2 Å². The second-order valence-electron chi connectivity index (χ2n) is 16.9. The lowest BCUT2D eigenvalue weighted by molar-refractivity contribution is -0.244. The first-order valence-electron chi connectivity index (χ1n) is 19.6. The van der Waals surface area contributed by atoms with E-state index >= 15 is 0 Å². The fraction of sp³-hybridized carbons (Fsp3) is 0.667. The molecule has 15 nitrogen and oxygen atoms in total. The quantitative estimate of drug-likeness (QED) is 0.161. The monoisotopic (exact) mass is 838 g/mol. The van der Waals surface area contributed by atoms with Crippen LogP contribution in [-0.2, 0) is 29.1 Å². The minimum atomic E-state index is -4.88. The number of sulfonamides is 1. The molecule has 2 saturated carbocycles. The summed E-state index contributed by atoms with van der Waals surface area (Å²) in [5.41, 5.74) is -2.71. The highest BCUT2D eigenvalue weighted by Gasteiger charge is 2.57. The van der Waals surface area contributed by atoms with Gasteiger partial charge in [-0.25, -0.2) is 23.2 Å². The summed E-state index contributed by atoms with van der Waals surface area (Å²) < 4.78 is 90.4. The molecule has 3 N–H and O–H groups in total. The van der Waals surface area contributed by atoms with Crippen LogP contribution >= 0.6 is 0 Å². The van der Waals surface area contributed by atoms with E-state index in [4.69, 9.17) is 18.9 Å². The Balaban J connectivity index is 1.27. The van der Waals surface area contributed by atoms with Crippen molar-refractivity contribution in [2.45, 2.75) is 120 Å². The van der Waals surface area contributed by atoms with E-state index in [9.17, 15) is 36.0 Å². The lowest BCUT2D eigenvalue weighted by Gasteiger charge is -2.33. The molecule has 2 aromatic rings. The zero-order valence-electron chi connectivity index (χ0n) is 33.6. The van der Waals surface area contributed by atoms with Gasteiger partial charge in [0.05, 0.1) is 47.8 Å². The number of methoxy groups -OCH3 is 1. The van der Waals surface area contributed by atoms with Gasteiger partial charge >= 0.3 is 12.3 Å². The summed E-state index contributed by atoms with van der Waals surface area (Å²) >= 11 is 0. The van der Waals surface area contributed by atoms with E-state index in [0.29, 0.717) is 69.2 Å². The summed E-state index contributed by atoms with van der Waals surface area (Å²) in [5, 5.41) is 5.51. The summed E-state index contributed by atoms with van der Waals surface area (Å²) in [7, 11) is -2.09. The summed E-state index contributed by atoms with van der Waals surface area (Å²) in [6.45, 7) is 6.38. The van der Waals surface area contributed by atoms with E-state index < -0.39 is 74.1 Å². The van der Waals surface area contributed by atoms with Crippen LogP contribution in [0.5, 0.6) is 11.6 Å². The van der Waals surface area contributed by atoms with Crippen molar-refractivity contribution < 1.29 is 54.9 Å². The Hall–Kier alpha value is -4.23. The molecular weight excluding hydrogens is 786 g/mol. The maximum atomic E-state index is 14.6. The minimum absolute atomic E-state index is 0.00505. The lowest BCUT2D eigenvalue weighted by atomic mass is 9.92. The van der Waals surface area contributed by atoms with Gasteiger partial charge in [0.2, 0.25) is 33.3 Å². The standard InChI is InChI=1S/C39H53F3N6O9S/c1-23-8-7-9-24(2)32(46-35(51)57-36(3,4)39(40,41)42)34(50)48-20-27(56-31-19-43-28-13-12-26(54-6)16-29(28)45-31)17-30(48)33(49)47-38(18-25(38)11-10-23)21-55-22-44-58(52,53)37(5)14-15-37/h10-13,16,19,23-25,27,30,32,44H,7-9,14-15,17-18,20-22H2,1-6H3,(H,46,51)(H,47,49). The number of amides is 3. The summed E-state index contributed by atoms with van der Waals surface area (Å²) in [5.74, 6) is -1.20. The largest absolute Gasteiger partial charge is 0.497 e. The number of benzene rings is 1. The zero-order chi connectivity index (χ0) is 42.3. The Morgan fingerprint density at radius 3 is 2.53 bits per heavy atom. The molecular formula is C39H53F3N6O9S. The number of alkyl halides is 3. The molecule has 2 aliphatic carbocycles. The number of hydrogen-bond acceptors (Lipinski definition) is 11. The lowest BCUT2D eigenvalue weighted by Crippen LogP contribution is -2.58. The number of fused-ring (bicyclic) bond motifs is 3. The van der Waals surface area contributed by atoms with Gasteiger partial charge in [0.25, 0.3) is 0 Å². The molecule has 320 valence electrons. The Morgan fingerprint density at radius 1 is 1.10 bits per heavy atom. The number of ether oxygens (including phenoxy) is 4. The fourth-order valence-electron chi connectivity index (χ4n) is 7.36. The minimum Gasteiger partial charge on any atom is -0.497 e. The molecule has 7 unspecified atom stereocenters. The Bertz CT molecular complexity index is 2010. The Kier molecular flexibility index (Phi) is 12.3. The number of halogens is 3. The SMILES string of the molecule is COc1ccc2ncc(OC3CC4C(=O)NC5(COCNS(=O)(=O)C6(C)CC6)CC5C=CC(C)CCCC(C)C(NC(=O)OC(C)(C)C(F)(F)F)C(=O)N4C3)nc2c1. The second kappa shape index (κ2) is 16.4. The molecule has 7 atom stereocenters. The van der Waals surface area contributed by atoms with Crippen molar-refractivity contribution in [3.8, 4) is 11.6 Å². The third-order valence-electron chi connectivity index (χ3n) is 11.8. The van der Waals surface area contributed by atoms with Gasteiger partial charge in [-0.1, -0.05) is 32.4 Å². The number of nitrogens with one attached hydrogen (secondary N) is 3. The van der Waals surface area contributed by atoms with Gasteiger partial charge in [0, 0.05) is 18.4 Å². The third-order valence-corrected chi connectivity index (χ3v) is 14.0. The van der Waals surface area contributed by atoms with E-state index in [1.807, 2.05) is 19.1 Å². The highest BCUT2D eigenvalue weighted by Crippen LogP contribution is 2.46. The van der Waals surface area contributed by atoms with Gasteiger partial charge in [-0.3, -0.25) is 9.59 Å². The number of rotatable bonds is 11. The van der Waals surface area contributed by atoms with Gasteiger partial charge in [0.1, 0.15) is 30.7 Å². The molecule has 6 rings (SSSR count). The van der Waals surface area contributed by atoms with E-state index in [1.54, 1.807) is 32.0 Å². The third kappa shape index (κ3) is 9.62. The summed E-state index contributed by atoms with van der Waals surface area (Å²) in [4.78, 5) is 52.4.